The summed E-state index contributed by atoms with van der Waals surface area (Å²) in [5.41, 5.74) is 2.98. The van der Waals surface area contributed by atoms with E-state index in [9.17, 15) is 13.6 Å². The molecule has 3 aromatic rings. The van der Waals surface area contributed by atoms with Crippen molar-refractivity contribution in [2.45, 2.75) is 19.5 Å². The van der Waals surface area contributed by atoms with Crippen molar-refractivity contribution >= 4 is 23.3 Å². The molecule has 0 bridgehead atoms. The topological polar surface area (TPSA) is 50.2 Å². The minimum Gasteiger partial charge on any atom is -0.316 e. The van der Waals surface area contributed by atoms with Gasteiger partial charge in [0, 0.05) is 17.8 Å². The number of hydrogen-bond acceptors (Lipinski definition) is 2. The number of hydrogen-bond donors (Lipinski definition) is 1. The molecule has 8 heteroatoms. The Bertz CT molecular complexity index is 1040. The Morgan fingerprint density at radius 3 is 2.68 bits per heavy atom. The standard InChI is InChI=1S/C20H17ClF2N4O/c1-12-10-26(20(28)25-15-6-7-18(23)17(21)8-15)11-19-16(9-24-27(12)19)13-2-4-14(22)5-3-13/h2-9,12H,10-11H2,1H3,(H,25,28)/t12-/m1/s1. The lowest BCUT2D eigenvalue weighted by Crippen LogP contribution is -2.42. The van der Waals surface area contributed by atoms with E-state index in [1.165, 1.54) is 30.3 Å². The molecule has 28 heavy (non-hydrogen) atoms. The van der Waals surface area contributed by atoms with Gasteiger partial charge < -0.3 is 10.2 Å². The first-order valence-corrected chi connectivity index (χ1v) is 9.13. The molecule has 1 atom stereocenters. The Morgan fingerprint density at radius 1 is 1.21 bits per heavy atom. The molecular formula is C20H17ClF2N4O. The highest BCUT2D eigenvalue weighted by Crippen LogP contribution is 2.31. The highest BCUT2D eigenvalue weighted by atomic mass is 35.5. The summed E-state index contributed by atoms with van der Waals surface area (Å²) in [6.45, 7) is 2.79. The van der Waals surface area contributed by atoms with Gasteiger partial charge in [-0.05, 0) is 42.8 Å². The van der Waals surface area contributed by atoms with Crippen molar-refractivity contribution < 1.29 is 13.6 Å². The average Bonchev–Trinajstić information content (AvgIpc) is 3.10. The predicted octanol–water partition coefficient (Wildman–Crippen LogP) is 5.09. The molecule has 0 saturated heterocycles. The Morgan fingerprint density at radius 2 is 1.96 bits per heavy atom. The molecule has 1 aliphatic heterocycles. The molecule has 0 aliphatic carbocycles. The van der Waals surface area contributed by atoms with E-state index in [2.05, 4.69) is 10.4 Å². The summed E-state index contributed by atoms with van der Waals surface area (Å²) < 4.78 is 28.4. The Labute approximate surface area is 165 Å². The quantitative estimate of drug-likeness (QED) is 0.649. The fraction of sp³-hybridized carbons (Fsp3) is 0.200. The van der Waals surface area contributed by atoms with Crippen LogP contribution in [0, 0.1) is 11.6 Å². The number of aromatic nitrogens is 2. The highest BCUT2D eigenvalue weighted by Gasteiger charge is 2.28. The fourth-order valence-electron chi connectivity index (χ4n) is 3.37. The minimum absolute atomic E-state index is 0.0273. The molecule has 1 N–H and O–H groups in total. The van der Waals surface area contributed by atoms with Crippen LogP contribution in [0.15, 0.2) is 48.7 Å². The molecule has 1 aliphatic rings. The summed E-state index contributed by atoms with van der Waals surface area (Å²) in [6, 6.07) is 9.88. The van der Waals surface area contributed by atoms with Crippen molar-refractivity contribution in [3.63, 3.8) is 0 Å². The van der Waals surface area contributed by atoms with Crippen LogP contribution >= 0.6 is 11.6 Å². The van der Waals surface area contributed by atoms with Gasteiger partial charge in [0.2, 0.25) is 0 Å². The Kier molecular flexibility index (Phi) is 4.77. The molecule has 0 fully saturated rings. The molecule has 0 radical (unpaired) electrons. The van der Waals surface area contributed by atoms with Crippen LogP contribution in [0.2, 0.25) is 5.02 Å². The van der Waals surface area contributed by atoms with E-state index in [1.807, 2.05) is 11.6 Å². The largest absolute Gasteiger partial charge is 0.322 e. The predicted molar refractivity (Wildman–Crippen MR) is 103 cm³/mol. The lowest BCUT2D eigenvalue weighted by Gasteiger charge is -2.32. The number of carbonyl (C=O) groups excluding carboxylic acids is 1. The maximum absolute atomic E-state index is 13.3. The van der Waals surface area contributed by atoms with Gasteiger partial charge in [0.25, 0.3) is 0 Å². The molecule has 4 rings (SSSR count). The van der Waals surface area contributed by atoms with E-state index < -0.39 is 5.82 Å². The van der Waals surface area contributed by atoms with E-state index in [4.69, 9.17) is 11.6 Å². The third-order valence-corrected chi connectivity index (χ3v) is 5.04. The van der Waals surface area contributed by atoms with Gasteiger partial charge in [-0.25, -0.2) is 13.6 Å². The summed E-state index contributed by atoms with van der Waals surface area (Å²) in [6.07, 6.45) is 1.74. The maximum atomic E-state index is 13.3. The van der Waals surface area contributed by atoms with Crippen LogP contribution < -0.4 is 5.32 Å². The van der Waals surface area contributed by atoms with Gasteiger partial charge in [-0.15, -0.1) is 0 Å². The van der Waals surface area contributed by atoms with Crippen molar-refractivity contribution in [1.29, 1.82) is 0 Å². The van der Waals surface area contributed by atoms with E-state index in [0.29, 0.717) is 18.8 Å². The monoisotopic (exact) mass is 402 g/mol. The molecule has 0 unspecified atom stereocenters. The number of halogens is 3. The van der Waals surface area contributed by atoms with E-state index in [-0.39, 0.29) is 22.9 Å². The molecular weight excluding hydrogens is 386 g/mol. The van der Waals surface area contributed by atoms with Gasteiger partial charge in [-0.1, -0.05) is 23.7 Å². The first kappa shape index (κ1) is 18.4. The number of benzene rings is 2. The molecule has 144 valence electrons. The molecule has 2 heterocycles. The lowest BCUT2D eigenvalue weighted by molar-refractivity contribution is 0.181. The van der Waals surface area contributed by atoms with Crippen LogP contribution in [-0.4, -0.2) is 27.3 Å². The number of anilines is 1. The molecule has 0 spiro atoms. The van der Waals surface area contributed by atoms with Crippen LogP contribution in [0.25, 0.3) is 11.1 Å². The van der Waals surface area contributed by atoms with Crippen molar-refractivity contribution in [2.24, 2.45) is 0 Å². The maximum Gasteiger partial charge on any atom is 0.322 e. The van der Waals surface area contributed by atoms with E-state index in [0.717, 1.165) is 16.8 Å². The van der Waals surface area contributed by atoms with Gasteiger partial charge in [0.15, 0.2) is 0 Å². The Hall–Kier alpha value is -2.93. The molecule has 2 amide bonds. The summed E-state index contributed by atoms with van der Waals surface area (Å²) in [5.74, 6) is -0.851. The normalized spacial score (nSPS) is 16.0. The second kappa shape index (κ2) is 7.24. The van der Waals surface area contributed by atoms with Crippen molar-refractivity contribution in [1.82, 2.24) is 14.7 Å². The zero-order valence-electron chi connectivity index (χ0n) is 15.0. The zero-order chi connectivity index (χ0) is 19.8. The van der Waals surface area contributed by atoms with E-state index >= 15 is 0 Å². The second-order valence-corrected chi connectivity index (χ2v) is 7.15. The first-order chi connectivity index (χ1) is 13.4. The van der Waals surface area contributed by atoms with Crippen LogP contribution in [0.4, 0.5) is 19.3 Å². The van der Waals surface area contributed by atoms with Gasteiger partial charge in [0.05, 0.1) is 29.5 Å². The number of rotatable bonds is 2. The highest BCUT2D eigenvalue weighted by molar-refractivity contribution is 6.31. The number of carbonyl (C=O) groups is 1. The number of amides is 2. The molecule has 5 nitrogen and oxygen atoms in total. The summed E-state index contributed by atoms with van der Waals surface area (Å²) in [4.78, 5) is 14.4. The molecule has 1 aromatic heterocycles. The second-order valence-electron chi connectivity index (χ2n) is 6.74. The third kappa shape index (κ3) is 3.45. The van der Waals surface area contributed by atoms with Gasteiger partial charge >= 0.3 is 6.03 Å². The van der Waals surface area contributed by atoms with Gasteiger partial charge in [-0.3, -0.25) is 4.68 Å². The zero-order valence-corrected chi connectivity index (χ0v) is 15.8. The summed E-state index contributed by atoms with van der Waals surface area (Å²) in [7, 11) is 0. The summed E-state index contributed by atoms with van der Waals surface area (Å²) in [5, 5.41) is 7.13. The lowest BCUT2D eigenvalue weighted by atomic mass is 10.0. The van der Waals surface area contributed by atoms with E-state index in [1.54, 1.807) is 23.2 Å². The van der Waals surface area contributed by atoms with Crippen LogP contribution in [0.1, 0.15) is 18.7 Å². The minimum atomic E-state index is -0.542. The fourth-order valence-corrected chi connectivity index (χ4v) is 3.55. The van der Waals surface area contributed by atoms with Crippen LogP contribution in [-0.2, 0) is 6.54 Å². The number of nitrogens with one attached hydrogen (secondary N) is 1. The smallest absolute Gasteiger partial charge is 0.316 e. The third-order valence-electron chi connectivity index (χ3n) is 4.75. The molecule has 0 saturated carbocycles. The van der Waals surface area contributed by atoms with Crippen molar-refractivity contribution in [3.05, 3.63) is 71.0 Å². The van der Waals surface area contributed by atoms with Crippen LogP contribution in [0.5, 0.6) is 0 Å². The van der Waals surface area contributed by atoms with Gasteiger partial charge in [0.1, 0.15) is 11.6 Å². The van der Waals surface area contributed by atoms with Crippen molar-refractivity contribution in [2.75, 3.05) is 11.9 Å². The molecule has 2 aromatic carbocycles. The number of nitrogens with zero attached hydrogens (tertiary/aromatic N) is 3. The summed E-state index contributed by atoms with van der Waals surface area (Å²) >= 11 is 5.78. The SMILES string of the molecule is C[C@@H]1CN(C(=O)Nc2ccc(F)c(Cl)c2)Cc2c(-c3ccc(F)cc3)cnn21. The Balaban J connectivity index is 1.58. The number of urea groups is 1. The van der Waals surface area contributed by atoms with Crippen molar-refractivity contribution in [3.8, 4) is 11.1 Å². The average molecular weight is 403 g/mol. The first-order valence-electron chi connectivity index (χ1n) is 8.75. The van der Waals surface area contributed by atoms with Gasteiger partial charge in [-0.2, -0.15) is 5.10 Å². The van der Waals surface area contributed by atoms with Crippen LogP contribution in [0.3, 0.4) is 0 Å². The number of fused-ring (bicyclic) bond motifs is 1.